The molecule has 0 radical (unpaired) electrons. The summed E-state index contributed by atoms with van der Waals surface area (Å²) in [5, 5.41) is 16.9. The zero-order valence-electron chi connectivity index (χ0n) is 21.2. The maximum atomic E-state index is 13.0. The topological polar surface area (TPSA) is 92.7 Å². The third kappa shape index (κ3) is 5.86. The van der Waals surface area contributed by atoms with Gasteiger partial charge in [-0.05, 0) is 36.1 Å². The highest BCUT2D eigenvalue weighted by atomic mass is 16.5. The van der Waals surface area contributed by atoms with Gasteiger partial charge in [-0.3, -0.25) is 4.98 Å². The molecule has 0 bridgehead atoms. The van der Waals surface area contributed by atoms with Crippen LogP contribution in [0.2, 0.25) is 0 Å². The number of rotatable bonds is 7. The highest BCUT2D eigenvalue weighted by molar-refractivity contribution is 6.04. The van der Waals surface area contributed by atoms with Crippen molar-refractivity contribution in [2.24, 2.45) is 5.41 Å². The number of hydrogen-bond acceptors (Lipinski definition) is 5. The number of ether oxygens (including phenoxy) is 2. The third-order valence-electron chi connectivity index (χ3n) is 6.21. The standard InChI is InChI=1S/C29H33N3O4/c1-29(2,3)19-9-11-27(35-4)25(17-19)32-28(34)31-24-10-12-26(23-8-6-5-7-22(23)24)36-21-13-15-30-20(18-21)14-16-33/h5-8,10,12-13,15,17-18,33H,9,11,14,16H2,1-4H3,(H2,31,32,34). The minimum Gasteiger partial charge on any atom is -0.499 e. The Labute approximate surface area is 211 Å². The lowest BCUT2D eigenvalue weighted by Gasteiger charge is -2.28. The Morgan fingerprint density at radius 3 is 2.56 bits per heavy atom. The number of amides is 2. The number of hydrogen-bond donors (Lipinski definition) is 3. The fourth-order valence-corrected chi connectivity index (χ4v) is 4.26. The van der Waals surface area contributed by atoms with Gasteiger partial charge in [0.2, 0.25) is 0 Å². The van der Waals surface area contributed by atoms with E-state index in [1.807, 2.05) is 48.5 Å². The lowest BCUT2D eigenvalue weighted by molar-refractivity contribution is 0.248. The van der Waals surface area contributed by atoms with Crippen LogP contribution in [0.3, 0.4) is 0 Å². The first-order valence-corrected chi connectivity index (χ1v) is 12.1. The van der Waals surface area contributed by atoms with Crippen LogP contribution in [-0.4, -0.2) is 29.8 Å². The van der Waals surface area contributed by atoms with Gasteiger partial charge in [0, 0.05) is 48.2 Å². The number of aromatic nitrogens is 1. The zero-order valence-corrected chi connectivity index (χ0v) is 21.2. The molecule has 3 N–H and O–H groups in total. The second kappa shape index (κ2) is 10.8. The number of nitrogens with zero attached hydrogens (tertiary/aromatic N) is 1. The number of anilines is 1. The minimum absolute atomic E-state index is 0.0163. The quantitative estimate of drug-likeness (QED) is 0.363. The molecule has 2 aromatic carbocycles. The van der Waals surface area contributed by atoms with Gasteiger partial charge in [-0.25, -0.2) is 4.79 Å². The molecule has 2 amide bonds. The molecule has 7 heteroatoms. The Kier molecular flexibility index (Phi) is 7.60. The number of carbonyl (C=O) groups excluding carboxylic acids is 1. The number of pyridine rings is 1. The molecule has 1 aliphatic carbocycles. The van der Waals surface area contributed by atoms with E-state index in [-0.39, 0.29) is 18.1 Å². The number of aliphatic hydroxyl groups excluding tert-OH is 1. The molecule has 1 heterocycles. The SMILES string of the molecule is COC1=C(NC(=O)Nc2ccc(Oc3ccnc(CCO)c3)c3ccccc23)C=C(C(C)(C)C)CC1. The molecule has 0 aliphatic heterocycles. The predicted octanol–water partition coefficient (Wildman–Crippen LogP) is 6.31. The van der Waals surface area contributed by atoms with Crippen LogP contribution in [0.25, 0.3) is 10.8 Å². The van der Waals surface area contributed by atoms with Gasteiger partial charge in [0.05, 0.1) is 18.5 Å². The first-order valence-electron chi connectivity index (χ1n) is 12.1. The number of benzene rings is 2. The number of urea groups is 1. The van der Waals surface area contributed by atoms with Crippen molar-refractivity contribution in [3.8, 4) is 11.5 Å². The van der Waals surface area contributed by atoms with Crippen LogP contribution >= 0.6 is 0 Å². The normalized spacial score (nSPS) is 13.9. The van der Waals surface area contributed by atoms with Gasteiger partial charge in [-0.2, -0.15) is 0 Å². The monoisotopic (exact) mass is 487 g/mol. The molecule has 36 heavy (non-hydrogen) atoms. The summed E-state index contributed by atoms with van der Waals surface area (Å²) in [4.78, 5) is 17.3. The van der Waals surface area contributed by atoms with Crippen LogP contribution in [-0.2, 0) is 11.2 Å². The molecule has 0 spiro atoms. The van der Waals surface area contributed by atoms with E-state index < -0.39 is 0 Å². The second-order valence-electron chi connectivity index (χ2n) is 9.76. The van der Waals surface area contributed by atoms with Crippen LogP contribution in [0, 0.1) is 5.41 Å². The van der Waals surface area contributed by atoms with Crippen molar-refractivity contribution in [1.82, 2.24) is 10.3 Å². The maximum Gasteiger partial charge on any atom is 0.323 e. The number of aliphatic hydroxyl groups is 1. The van der Waals surface area contributed by atoms with E-state index >= 15 is 0 Å². The Morgan fingerprint density at radius 2 is 1.83 bits per heavy atom. The third-order valence-corrected chi connectivity index (χ3v) is 6.21. The molecule has 3 aromatic rings. The summed E-state index contributed by atoms with van der Waals surface area (Å²) in [5.41, 5.74) is 3.39. The smallest absolute Gasteiger partial charge is 0.323 e. The molecule has 0 unspecified atom stereocenters. The predicted molar refractivity (Wildman–Crippen MR) is 142 cm³/mol. The molecule has 0 saturated heterocycles. The van der Waals surface area contributed by atoms with Crippen LogP contribution in [0.4, 0.5) is 10.5 Å². The van der Waals surface area contributed by atoms with E-state index in [0.717, 1.165) is 35.1 Å². The summed E-state index contributed by atoms with van der Waals surface area (Å²) in [7, 11) is 1.63. The molecule has 0 fully saturated rings. The van der Waals surface area contributed by atoms with Crippen LogP contribution in [0.1, 0.15) is 39.3 Å². The van der Waals surface area contributed by atoms with E-state index in [2.05, 4.69) is 36.4 Å². The fourth-order valence-electron chi connectivity index (χ4n) is 4.26. The largest absolute Gasteiger partial charge is 0.499 e. The van der Waals surface area contributed by atoms with Gasteiger partial charge in [0.1, 0.15) is 17.3 Å². The minimum atomic E-state index is -0.340. The molecule has 4 rings (SSSR count). The summed E-state index contributed by atoms with van der Waals surface area (Å²) in [6.45, 7) is 6.54. The maximum absolute atomic E-state index is 13.0. The molecular weight excluding hydrogens is 454 g/mol. The Morgan fingerprint density at radius 1 is 1.06 bits per heavy atom. The van der Waals surface area contributed by atoms with E-state index in [9.17, 15) is 9.90 Å². The lowest BCUT2D eigenvalue weighted by Crippen LogP contribution is -2.30. The van der Waals surface area contributed by atoms with Gasteiger partial charge in [0.25, 0.3) is 0 Å². The average Bonchev–Trinajstić information content (AvgIpc) is 2.85. The van der Waals surface area contributed by atoms with E-state index in [0.29, 0.717) is 29.3 Å². The summed E-state index contributed by atoms with van der Waals surface area (Å²) >= 11 is 0. The number of allylic oxidation sites excluding steroid dienone is 3. The summed E-state index contributed by atoms with van der Waals surface area (Å²) in [6.07, 6.45) is 5.81. The van der Waals surface area contributed by atoms with Gasteiger partial charge < -0.3 is 25.2 Å². The number of carbonyl (C=O) groups is 1. The van der Waals surface area contributed by atoms with Crippen molar-refractivity contribution in [2.45, 2.75) is 40.0 Å². The number of methoxy groups -OCH3 is 1. The Bertz CT molecular complexity index is 1320. The van der Waals surface area contributed by atoms with Crippen molar-refractivity contribution in [2.75, 3.05) is 19.0 Å². The highest BCUT2D eigenvalue weighted by Gasteiger charge is 2.24. The molecule has 0 atom stereocenters. The van der Waals surface area contributed by atoms with Gasteiger partial charge in [0.15, 0.2) is 0 Å². The fraction of sp³-hybridized carbons (Fsp3) is 0.310. The van der Waals surface area contributed by atoms with Crippen molar-refractivity contribution in [3.05, 3.63) is 83.5 Å². The summed E-state index contributed by atoms with van der Waals surface area (Å²) in [6, 6.07) is 14.7. The second-order valence-corrected chi connectivity index (χ2v) is 9.76. The van der Waals surface area contributed by atoms with E-state index in [4.69, 9.17) is 9.47 Å². The van der Waals surface area contributed by atoms with Gasteiger partial charge >= 0.3 is 6.03 Å². The molecule has 188 valence electrons. The molecule has 1 aliphatic rings. The highest BCUT2D eigenvalue weighted by Crippen LogP contribution is 2.36. The lowest BCUT2D eigenvalue weighted by atomic mass is 9.81. The van der Waals surface area contributed by atoms with Crippen LogP contribution in [0.15, 0.2) is 77.8 Å². The summed E-state index contributed by atoms with van der Waals surface area (Å²) in [5.74, 6) is 2.06. The molecular formula is C29H33N3O4. The van der Waals surface area contributed by atoms with Gasteiger partial charge in [-0.15, -0.1) is 0 Å². The molecule has 1 aromatic heterocycles. The molecule has 0 saturated carbocycles. The first-order chi connectivity index (χ1) is 17.3. The van der Waals surface area contributed by atoms with Gasteiger partial charge in [-0.1, -0.05) is 50.6 Å². The first kappa shape index (κ1) is 25.3. The van der Waals surface area contributed by atoms with Crippen molar-refractivity contribution in [1.29, 1.82) is 0 Å². The molecule has 7 nitrogen and oxygen atoms in total. The van der Waals surface area contributed by atoms with Crippen molar-refractivity contribution in [3.63, 3.8) is 0 Å². The van der Waals surface area contributed by atoms with Crippen LogP contribution in [0.5, 0.6) is 11.5 Å². The zero-order chi connectivity index (χ0) is 25.7. The summed E-state index contributed by atoms with van der Waals surface area (Å²) < 4.78 is 11.7. The number of nitrogens with one attached hydrogen (secondary N) is 2. The Balaban J connectivity index is 1.57. The van der Waals surface area contributed by atoms with E-state index in [1.165, 1.54) is 5.57 Å². The van der Waals surface area contributed by atoms with Crippen LogP contribution < -0.4 is 15.4 Å². The average molecular weight is 488 g/mol. The van der Waals surface area contributed by atoms with Crippen molar-refractivity contribution >= 4 is 22.5 Å². The van der Waals surface area contributed by atoms with Crippen molar-refractivity contribution < 1.29 is 19.4 Å². The number of fused-ring (bicyclic) bond motifs is 1. The van der Waals surface area contributed by atoms with E-state index in [1.54, 1.807) is 19.4 Å². The Hall–Kier alpha value is -3.84.